The van der Waals surface area contributed by atoms with Crippen molar-refractivity contribution in [1.29, 1.82) is 0 Å². The Bertz CT molecular complexity index is 797. The van der Waals surface area contributed by atoms with Gasteiger partial charge in [-0.3, -0.25) is 0 Å². The number of aliphatic hydroxyl groups excluding tert-OH is 3. The Labute approximate surface area is 155 Å². The molecule has 2 aromatic carbocycles. The second-order valence-electron chi connectivity index (χ2n) is 6.15. The maximum Gasteiger partial charge on any atom is 0.339 e. The normalized spacial score (nSPS) is 13.1. The van der Waals surface area contributed by atoms with Gasteiger partial charge < -0.3 is 35.0 Å². The lowest BCUT2D eigenvalue weighted by atomic mass is 10.1. The van der Waals surface area contributed by atoms with Crippen molar-refractivity contribution in [3.63, 3.8) is 0 Å². The molecule has 2 atom stereocenters. The van der Waals surface area contributed by atoms with Gasteiger partial charge in [-0.05, 0) is 43.2 Å². The van der Waals surface area contributed by atoms with E-state index in [1.165, 1.54) is 18.2 Å². The van der Waals surface area contributed by atoms with E-state index in [0.29, 0.717) is 11.3 Å². The number of aryl methyl sites for hydroxylation is 2. The number of ether oxygens (including phenoxy) is 2. The van der Waals surface area contributed by atoms with E-state index < -0.39 is 31.4 Å². The first-order valence-corrected chi connectivity index (χ1v) is 8.17. The molecule has 2 unspecified atom stereocenters. The molecule has 8 heteroatoms. The maximum absolute atomic E-state index is 11.5. The van der Waals surface area contributed by atoms with E-state index in [1.54, 1.807) is 26.0 Å². The fourth-order valence-corrected chi connectivity index (χ4v) is 2.50. The Morgan fingerprint density at radius 3 is 2.30 bits per heavy atom. The molecule has 0 aliphatic carbocycles. The Morgan fingerprint density at radius 2 is 1.70 bits per heavy atom. The van der Waals surface area contributed by atoms with Crippen molar-refractivity contribution in [2.75, 3.05) is 13.2 Å². The van der Waals surface area contributed by atoms with Gasteiger partial charge in [0.25, 0.3) is 0 Å². The summed E-state index contributed by atoms with van der Waals surface area (Å²) in [6.07, 6.45) is -2.80. The quantitative estimate of drug-likeness (QED) is 0.467. The molecule has 0 fully saturated rings. The molecule has 0 bridgehead atoms. The van der Waals surface area contributed by atoms with Crippen molar-refractivity contribution in [2.45, 2.75) is 26.1 Å². The first kappa shape index (κ1) is 20.5. The summed E-state index contributed by atoms with van der Waals surface area (Å²) in [5.41, 5.74) is 1.03. The van der Waals surface area contributed by atoms with Crippen LogP contribution in [0.3, 0.4) is 0 Å². The van der Waals surface area contributed by atoms with Gasteiger partial charge in [0.15, 0.2) is 0 Å². The minimum absolute atomic E-state index is 0.0291. The van der Waals surface area contributed by atoms with Gasteiger partial charge in [-0.2, -0.15) is 0 Å². The van der Waals surface area contributed by atoms with Crippen molar-refractivity contribution in [1.82, 2.24) is 0 Å². The summed E-state index contributed by atoms with van der Waals surface area (Å²) >= 11 is 0. The number of benzene rings is 2. The number of phenolic OH excluding ortho intramolecular Hbond substituents is 1. The first-order valence-electron chi connectivity index (χ1n) is 8.17. The zero-order valence-electron chi connectivity index (χ0n) is 14.9. The SMILES string of the molecule is Cc1cc(O)cc(Oc2cc(C)c(C(=O)O)c(OCC(O)C(O)CO)c2)c1. The summed E-state index contributed by atoms with van der Waals surface area (Å²) in [5.74, 6) is -0.620. The van der Waals surface area contributed by atoms with E-state index >= 15 is 0 Å². The molecule has 2 rings (SSSR count). The molecule has 0 saturated heterocycles. The number of aliphatic hydroxyl groups is 3. The molecular formula is C19H22O8. The van der Waals surface area contributed by atoms with Crippen LogP contribution in [0, 0.1) is 13.8 Å². The van der Waals surface area contributed by atoms with Crippen molar-refractivity contribution >= 4 is 5.97 Å². The van der Waals surface area contributed by atoms with Gasteiger partial charge in [0.1, 0.15) is 47.4 Å². The van der Waals surface area contributed by atoms with Gasteiger partial charge in [-0.15, -0.1) is 0 Å². The highest BCUT2D eigenvalue weighted by atomic mass is 16.5. The molecule has 0 aromatic heterocycles. The van der Waals surface area contributed by atoms with Gasteiger partial charge in [0, 0.05) is 12.1 Å². The summed E-state index contributed by atoms with van der Waals surface area (Å²) in [7, 11) is 0. The van der Waals surface area contributed by atoms with Crippen molar-refractivity contribution in [3.05, 3.63) is 47.0 Å². The molecular weight excluding hydrogens is 356 g/mol. The van der Waals surface area contributed by atoms with Crippen molar-refractivity contribution < 1.29 is 39.8 Å². The fraction of sp³-hybridized carbons (Fsp3) is 0.316. The first-order chi connectivity index (χ1) is 12.7. The highest BCUT2D eigenvalue weighted by Gasteiger charge is 2.21. The summed E-state index contributed by atoms with van der Waals surface area (Å²) in [5, 5.41) is 47.0. The fourth-order valence-electron chi connectivity index (χ4n) is 2.50. The van der Waals surface area contributed by atoms with Crippen LogP contribution in [0.15, 0.2) is 30.3 Å². The molecule has 0 aliphatic heterocycles. The van der Waals surface area contributed by atoms with Crippen LogP contribution in [-0.4, -0.2) is 56.9 Å². The number of phenols is 1. The monoisotopic (exact) mass is 378 g/mol. The number of rotatable bonds is 8. The highest BCUT2D eigenvalue weighted by molar-refractivity contribution is 5.93. The minimum Gasteiger partial charge on any atom is -0.508 e. The third kappa shape index (κ3) is 5.33. The van der Waals surface area contributed by atoms with E-state index in [1.807, 2.05) is 0 Å². The summed E-state index contributed by atoms with van der Waals surface area (Å²) in [4.78, 5) is 11.5. The Kier molecular flexibility index (Phi) is 6.62. The van der Waals surface area contributed by atoms with E-state index in [2.05, 4.69) is 0 Å². The molecule has 0 amide bonds. The van der Waals surface area contributed by atoms with Crippen LogP contribution in [0.4, 0.5) is 0 Å². The van der Waals surface area contributed by atoms with Crippen molar-refractivity contribution in [3.8, 4) is 23.0 Å². The van der Waals surface area contributed by atoms with Crippen LogP contribution in [-0.2, 0) is 0 Å². The van der Waals surface area contributed by atoms with Crippen LogP contribution in [0.1, 0.15) is 21.5 Å². The summed E-state index contributed by atoms with van der Waals surface area (Å²) in [6.45, 7) is 2.27. The minimum atomic E-state index is -1.41. The molecule has 0 spiro atoms. The number of aromatic hydroxyl groups is 1. The van der Waals surface area contributed by atoms with E-state index in [0.717, 1.165) is 5.56 Å². The molecule has 0 saturated carbocycles. The topological polar surface area (TPSA) is 137 Å². The average Bonchev–Trinajstić information content (AvgIpc) is 2.57. The van der Waals surface area contributed by atoms with Crippen LogP contribution >= 0.6 is 0 Å². The van der Waals surface area contributed by atoms with Gasteiger partial charge in [-0.1, -0.05) is 0 Å². The van der Waals surface area contributed by atoms with Crippen LogP contribution in [0.2, 0.25) is 0 Å². The Hall–Kier alpha value is -2.81. The molecule has 8 nitrogen and oxygen atoms in total. The molecule has 2 aromatic rings. The van der Waals surface area contributed by atoms with E-state index in [-0.39, 0.29) is 22.8 Å². The van der Waals surface area contributed by atoms with Crippen molar-refractivity contribution in [2.24, 2.45) is 0 Å². The predicted molar refractivity (Wildman–Crippen MR) is 95.7 cm³/mol. The molecule has 0 radical (unpaired) electrons. The predicted octanol–water partition coefficient (Wildman–Crippen LogP) is 1.59. The lowest BCUT2D eigenvalue weighted by molar-refractivity contribution is -0.0341. The molecule has 146 valence electrons. The molecule has 0 heterocycles. The third-order valence-electron chi connectivity index (χ3n) is 3.80. The zero-order valence-corrected chi connectivity index (χ0v) is 14.9. The largest absolute Gasteiger partial charge is 0.508 e. The van der Waals surface area contributed by atoms with Crippen LogP contribution in [0.5, 0.6) is 23.0 Å². The highest BCUT2D eigenvalue weighted by Crippen LogP contribution is 2.33. The van der Waals surface area contributed by atoms with E-state index in [9.17, 15) is 25.2 Å². The number of aromatic carboxylic acids is 1. The Morgan fingerprint density at radius 1 is 1.04 bits per heavy atom. The third-order valence-corrected chi connectivity index (χ3v) is 3.80. The molecule has 5 N–H and O–H groups in total. The number of hydrogen-bond acceptors (Lipinski definition) is 7. The molecule has 0 aliphatic rings. The van der Waals surface area contributed by atoms with Gasteiger partial charge in [0.2, 0.25) is 0 Å². The second kappa shape index (κ2) is 8.72. The summed E-state index contributed by atoms with van der Waals surface area (Å²) < 4.78 is 11.0. The number of hydrogen-bond donors (Lipinski definition) is 5. The number of carboxylic acids is 1. The van der Waals surface area contributed by atoms with Gasteiger partial charge >= 0.3 is 5.97 Å². The zero-order chi connectivity index (χ0) is 20.1. The van der Waals surface area contributed by atoms with E-state index in [4.69, 9.17) is 14.6 Å². The summed E-state index contributed by atoms with van der Waals surface area (Å²) in [6, 6.07) is 7.52. The molecule has 27 heavy (non-hydrogen) atoms. The number of carboxylic acid groups (broad SMARTS) is 1. The second-order valence-corrected chi connectivity index (χ2v) is 6.15. The lowest BCUT2D eigenvalue weighted by Gasteiger charge is -2.18. The van der Waals surface area contributed by atoms with Crippen LogP contribution in [0.25, 0.3) is 0 Å². The van der Waals surface area contributed by atoms with Gasteiger partial charge in [-0.25, -0.2) is 4.79 Å². The lowest BCUT2D eigenvalue weighted by Crippen LogP contribution is -2.34. The maximum atomic E-state index is 11.5. The average molecular weight is 378 g/mol. The Balaban J connectivity index is 2.32. The number of carbonyl (C=O) groups is 1. The smallest absolute Gasteiger partial charge is 0.339 e. The van der Waals surface area contributed by atoms with Gasteiger partial charge in [0.05, 0.1) is 6.61 Å². The standard InChI is InChI=1S/C19H22O8/c1-10-3-12(21)6-13(4-10)27-14-5-11(2)18(19(24)25)17(7-14)26-9-16(23)15(22)8-20/h3-7,15-16,20-23H,8-9H2,1-2H3,(H,24,25). The van der Waals surface area contributed by atoms with Crippen LogP contribution < -0.4 is 9.47 Å².